The van der Waals surface area contributed by atoms with E-state index in [0.717, 1.165) is 25.1 Å². The molecule has 0 aliphatic carbocycles. The van der Waals surface area contributed by atoms with Crippen molar-refractivity contribution in [2.24, 2.45) is 5.92 Å². The molecular formula is C19H21N3O3S. The maximum Gasteiger partial charge on any atom is 0.228 e. The van der Waals surface area contributed by atoms with Gasteiger partial charge in [0.25, 0.3) is 0 Å². The highest BCUT2D eigenvalue weighted by molar-refractivity contribution is 7.14. The van der Waals surface area contributed by atoms with Crippen LogP contribution in [0.4, 0.5) is 5.13 Å². The number of nitrogens with one attached hydrogen (secondary N) is 1. The number of para-hydroxylation sites is 1. The van der Waals surface area contributed by atoms with Crippen molar-refractivity contribution < 1.29 is 14.3 Å². The highest BCUT2D eigenvalue weighted by atomic mass is 32.1. The fraction of sp³-hybridized carbons (Fsp3) is 0.421. The molecule has 0 spiro atoms. The van der Waals surface area contributed by atoms with Crippen LogP contribution in [-0.2, 0) is 22.4 Å². The summed E-state index contributed by atoms with van der Waals surface area (Å²) < 4.78 is 5.76. The van der Waals surface area contributed by atoms with Crippen molar-refractivity contribution in [2.75, 3.05) is 24.6 Å². The van der Waals surface area contributed by atoms with Crippen LogP contribution in [0, 0.1) is 5.92 Å². The predicted molar refractivity (Wildman–Crippen MR) is 99.5 cm³/mol. The molecule has 3 heterocycles. The quantitative estimate of drug-likeness (QED) is 0.874. The number of thiazole rings is 1. The van der Waals surface area contributed by atoms with Gasteiger partial charge in [0.05, 0.1) is 18.7 Å². The van der Waals surface area contributed by atoms with Gasteiger partial charge in [-0.25, -0.2) is 4.98 Å². The molecule has 2 aliphatic rings. The minimum Gasteiger partial charge on any atom is -0.493 e. The van der Waals surface area contributed by atoms with Gasteiger partial charge in [-0.3, -0.25) is 14.5 Å². The number of carbonyl (C=O) groups is 2. The SMILES string of the molecule is O=C(Cc1csc(N2CCCC2=O)n1)NCC1COc2ccccc2C1. The van der Waals surface area contributed by atoms with E-state index in [1.165, 1.54) is 16.9 Å². The third kappa shape index (κ3) is 3.72. The molecule has 1 atom stereocenters. The van der Waals surface area contributed by atoms with E-state index in [2.05, 4.69) is 16.4 Å². The molecule has 6 nitrogen and oxygen atoms in total. The molecule has 2 aromatic rings. The zero-order chi connectivity index (χ0) is 17.9. The molecule has 1 aromatic heterocycles. The minimum absolute atomic E-state index is 0.0477. The van der Waals surface area contributed by atoms with Crippen molar-refractivity contribution in [3.63, 3.8) is 0 Å². The summed E-state index contributed by atoms with van der Waals surface area (Å²) in [6.07, 6.45) is 2.61. The van der Waals surface area contributed by atoms with Crippen LogP contribution in [-0.4, -0.2) is 36.5 Å². The van der Waals surface area contributed by atoms with Crippen molar-refractivity contribution in [1.82, 2.24) is 10.3 Å². The van der Waals surface area contributed by atoms with Gasteiger partial charge in [-0.2, -0.15) is 0 Å². The Morgan fingerprint density at radius 3 is 3.12 bits per heavy atom. The van der Waals surface area contributed by atoms with Gasteiger partial charge in [0.2, 0.25) is 11.8 Å². The molecule has 0 saturated carbocycles. The summed E-state index contributed by atoms with van der Waals surface area (Å²) in [5.74, 6) is 1.30. The van der Waals surface area contributed by atoms with Gasteiger partial charge >= 0.3 is 0 Å². The van der Waals surface area contributed by atoms with Crippen LogP contribution in [0.1, 0.15) is 24.1 Å². The lowest BCUT2D eigenvalue weighted by atomic mass is 9.97. The number of aromatic nitrogens is 1. The molecule has 4 rings (SSSR count). The van der Waals surface area contributed by atoms with Crippen LogP contribution in [0.5, 0.6) is 5.75 Å². The van der Waals surface area contributed by atoms with Crippen molar-refractivity contribution in [3.05, 3.63) is 40.9 Å². The summed E-state index contributed by atoms with van der Waals surface area (Å²) in [5.41, 5.74) is 1.91. The number of rotatable bonds is 5. The van der Waals surface area contributed by atoms with Crippen LogP contribution >= 0.6 is 11.3 Å². The summed E-state index contributed by atoms with van der Waals surface area (Å²) in [4.78, 5) is 30.2. The van der Waals surface area contributed by atoms with Crippen LogP contribution in [0.25, 0.3) is 0 Å². The lowest BCUT2D eigenvalue weighted by Gasteiger charge is -2.25. The summed E-state index contributed by atoms with van der Waals surface area (Å²) in [6, 6.07) is 8.03. The molecule has 1 unspecified atom stereocenters. The van der Waals surface area contributed by atoms with Crippen LogP contribution in [0.15, 0.2) is 29.6 Å². The fourth-order valence-corrected chi connectivity index (χ4v) is 4.23. The highest BCUT2D eigenvalue weighted by Crippen LogP contribution is 2.27. The first kappa shape index (κ1) is 17.0. The topological polar surface area (TPSA) is 71.5 Å². The van der Waals surface area contributed by atoms with Gasteiger partial charge in [0.1, 0.15) is 5.75 Å². The zero-order valence-electron chi connectivity index (χ0n) is 14.4. The van der Waals surface area contributed by atoms with Crippen LogP contribution < -0.4 is 15.0 Å². The number of nitrogens with zero attached hydrogens (tertiary/aromatic N) is 2. The standard InChI is InChI=1S/C19H21N3O3S/c23-17(9-15-12-26-19(21-15)22-7-3-6-18(22)24)20-10-13-8-14-4-1-2-5-16(14)25-11-13/h1-2,4-5,12-13H,3,6-11H2,(H,20,23). The number of ether oxygens (including phenoxy) is 1. The van der Waals surface area contributed by atoms with E-state index in [1.807, 2.05) is 23.6 Å². The minimum atomic E-state index is -0.0477. The molecule has 1 saturated heterocycles. The van der Waals surface area contributed by atoms with E-state index in [1.54, 1.807) is 4.90 Å². The Kier molecular flexibility index (Phi) is 4.88. The molecule has 136 valence electrons. The lowest BCUT2D eigenvalue weighted by molar-refractivity contribution is -0.120. The van der Waals surface area contributed by atoms with E-state index >= 15 is 0 Å². The Bertz CT molecular complexity index is 820. The smallest absolute Gasteiger partial charge is 0.228 e. The van der Waals surface area contributed by atoms with Crippen LogP contribution in [0.3, 0.4) is 0 Å². The molecule has 0 radical (unpaired) electrons. The van der Waals surface area contributed by atoms with E-state index < -0.39 is 0 Å². The number of amides is 2. The molecule has 1 N–H and O–H groups in total. The van der Waals surface area contributed by atoms with E-state index in [-0.39, 0.29) is 24.2 Å². The van der Waals surface area contributed by atoms with Gasteiger partial charge in [0.15, 0.2) is 5.13 Å². The summed E-state index contributed by atoms with van der Waals surface area (Å²) >= 11 is 1.42. The number of hydrogen-bond acceptors (Lipinski definition) is 5. The van der Waals surface area contributed by atoms with Gasteiger partial charge in [0, 0.05) is 30.8 Å². The van der Waals surface area contributed by atoms with Crippen LogP contribution in [0.2, 0.25) is 0 Å². The number of hydrogen-bond donors (Lipinski definition) is 1. The normalized spacial score (nSPS) is 19.2. The molecule has 1 fully saturated rings. The van der Waals surface area contributed by atoms with Crippen molar-refractivity contribution in [2.45, 2.75) is 25.7 Å². The fourth-order valence-electron chi connectivity index (χ4n) is 3.36. The monoisotopic (exact) mass is 371 g/mol. The van der Waals surface area contributed by atoms with Gasteiger partial charge < -0.3 is 10.1 Å². The first-order chi connectivity index (χ1) is 12.7. The molecule has 7 heteroatoms. The number of anilines is 1. The molecule has 1 aromatic carbocycles. The molecule has 0 bridgehead atoms. The maximum atomic E-state index is 12.2. The Morgan fingerprint density at radius 1 is 1.38 bits per heavy atom. The summed E-state index contributed by atoms with van der Waals surface area (Å²) in [7, 11) is 0. The molecule has 2 aliphatic heterocycles. The average molecular weight is 371 g/mol. The zero-order valence-corrected chi connectivity index (χ0v) is 15.3. The van der Waals surface area contributed by atoms with Crippen molar-refractivity contribution >= 4 is 28.3 Å². The molecular weight excluding hydrogens is 350 g/mol. The summed E-state index contributed by atoms with van der Waals surface area (Å²) in [6.45, 7) is 1.94. The molecule has 2 amide bonds. The molecule has 26 heavy (non-hydrogen) atoms. The first-order valence-electron chi connectivity index (χ1n) is 8.91. The Balaban J connectivity index is 1.27. The van der Waals surface area contributed by atoms with Crippen molar-refractivity contribution in [3.8, 4) is 5.75 Å². The number of fused-ring (bicyclic) bond motifs is 1. The second kappa shape index (κ2) is 7.45. The number of carbonyl (C=O) groups excluding carboxylic acids is 2. The predicted octanol–water partition coefficient (Wildman–Crippen LogP) is 2.18. The summed E-state index contributed by atoms with van der Waals surface area (Å²) in [5, 5.41) is 5.55. The Morgan fingerprint density at radius 2 is 2.27 bits per heavy atom. The second-order valence-corrected chi connectivity index (χ2v) is 7.58. The third-order valence-electron chi connectivity index (χ3n) is 4.73. The average Bonchev–Trinajstić information content (AvgIpc) is 3.28. The Hall–Kier alpha value is -2.41. The largest absolute Gasteiger partial charge is 0.493 e. The lowest BCUT2D eigenvalue weighted by Crippen LogP contribution is -2.35. The number of benzene rings is 1. The van der Waals surface area contributed by atoms with E-state index in [4.69, 9.17) is 4.74 Å². The maximum absolute atomic E-state index is 12.2. The van der Waals surface area contributed by atoms with Gasteiger partial charge in [-0.1, -0.05) is 18.2 Å². The Labute approximate surface area is 156 Å². The third-order valence-corrected chi connectivity index (χ3v) is 5.64. The highest BCUT2D eigenvalue weighted by Gasteiger charge is 2.24. The van der Waals surface area contributed by atoms with E-state index in [0.29, 0.717) is 30.4 Å². The first-order valence-corrected chi connectivity index (χ1v) is 9.79. The van der Waals surface area contributed by atoms with Gasteiger partial charge in [-0.05, 0) is 24.5 Å². The van der Waals surface area contributed by atoms with Crippen molar-refractivity contribution in [1.29, 1.82) is 0 Å². The second-order valence-electron chi connectivity index (χ2n) is 6.74. The van der Waals surface area contributed by atoms with E-state index in [9.17, 15) is 9.59 Å². The van der Waals surface area contributed by atoms with Gasteiger partial charge in [-0.15, -0.1) is 11.3 Å².